The van der Waals surface area contributed by atoms with Crippen LogP contribution in [0.3, 0.4) is 0 Å². The second-order valence-corrected chi connectivity index (χ2v) is 4.80. The number of hydrogen-bond donors (Lipinski definition) is 1. The van der Waals surface area contributed by atoms with Crippen LogP contribution in [0, 0.1) is 0 Å². The standard InChI is InChI=1S/C17H19NO2/c1-2-18-12-14-5-3-4-6-15(14)13-7-8-16-17(11-13)20-10-9-19-16/h3-8,11,18H,2,9-10,12H2,1H3. The number of fused-ring (bicyclic) bond motifs is 1. The molecule has 1 aliphatic rings. The fraction of sp³-hybridized carbons (Fsp3) is 0.294. The first-order chi connectivity index (χ1) is 9.88. The van der Waals surface area contributed by atoms with E-state index in [1.165, 1.54) is 16.7 Å². The summed E-state index contributed by atoms with van der Waals surface area (Å²) in [6.45, 7) is 5.21. The fourth-order valence-electron chi connectivity index (χ4n) is 2.43. The summed E-state index contributed by atoms with van der Waals surface area (Å²) in [5.41, 5.74) is 3.71. The van der Waals surface area contributed by atoms with E-state index in [1.54, 1.807) is 0 Å². The van der Waals surface area contributed by atoms with Crippen molar-refractivity contribution in [1.29, 1.82) is 0 Å². The molecule has 1 N–H and O–H groups in total. The van der Waals surface area contributed by atoms with Crippen LogP contribution in [-0.2, 0) is 6.54 Å². The van der Waals surface area contributed by atoms with Crippen LogP contribution in [0.15, 0.2) is 42.5 Å². The maximum absolute atomic E-state index is 5.67. The smallest absolute Gasteiger partial charge is 0.161 e. The normalized spacial score (nSPS) is 13.2. The predicted octanol–water partition coefficient (Wildman–Crippen LogP) is 3.23. The molecule has 104 valence electrons. The third kappa shape index (κ3) is 2.63. The lowest BCUT2D eigenvalue weighted by atomic mass is 9.99. The Balaban J connectivity index is 1.96. The summed E-state index contributed by atoms with van der Waals surface area (Å²) < 4.78 is 11.2. The van der Waals surface area contributed by atoms with Crippen LogP contribution in [0.1, 0.15) is 12.5 Å². The Bertz CT molecular complexity index is 595. The minimum Gasteiger partial charge on any atom is -0.486 e. The van der Waals surface area contributed by atoms with Gasteiger partial charge in [-0.25, -0.2) is 0 Å². The zero-order chi connectivity index (χ0) is 13.8. The number of hydrogen-bond acceptors (Lipinski definition) is 3. The third-order valence-electron chi connectivity index (χ3n) is 3.44. The zero-order valence-corrected chi connectivity index (χ0v) is 11.7. The Morgan fingerprint density at radius 3 is 2.65 bits per heavy atom. The highest BCUT2D eigenvalue weighted by molar-refractivity contribution is 5.70. The largest absolute Gasteiger partial charge is 0.486 e. The lowest BCUT2D eigenvalue weighted by Gasteiger charge is -2.19. The van der Waals surface area contributed by atoms with Crippen molar-refractivity contribution >= 4 is 0 Å². The molecule has 0 unspecified atom stereocenters. The van der Waals surface area contributed by atoms with Gasteiger partial charge in [0.05, 0.1) is 0 Å². The van der Waals surface area contributed by atoms with Crippen molar-refractivity contribution < 1.29 is 9.47 Å². The van der Waals surface area contributed by atoms with Crippen LogP contribution in [0.5, 0.6) is 11.5 Å². The van der Waals surface area contributed by atoms with Crippen LogP contribution >= 0.6 is 0 Å². The minimum absolute atomic E-state index is 0.621. The second-order valence-electron chi connectivity index (χ2n) is 4.80. The second kappa shape index (κ2) is 5.97. The van der Waals surface area contributed by atoms with Gasteiger partial charge in [0.25, 0.3) is 0 Å². The molecule has 0 aromatic heterocycles. The Labute approximate surface area is 119 Å². The highest BCUT2D eigenvalue weighted by Crippen LogP contribution is 2.35. The van der Waals surface area contributed by atoms with Gasteiger partial charge in [-0.1, -0.05) is 37.3 Å². The van der Waals surface area contributed by atoms with E-state index in [4.69, 9.17) is 9.47 Å². The predicted molar refractivity (Wildman–Crippen MR) is 80.2 cm³/mol. The van der Waals surface area contributed by atoms with Gasteiger partial charge < -0.3 is 14.8 Å². The molecule has 0 saturated heterocycles. The van der Waals surface area contributed by atoms with Crippen molar-refractivity contribution in [2.45, 2.75) is 13.5 Å². The number of ether oxygens (including phenoxy) is 2. The van der Waals surface area contributed by atoms with E-state index >= 15 is 0 Å². The number of benzene rings is 2. The molecule has 0 spiro atoms. The van der Waals surface area contributed by atoms with Gasteiger partial charge in [0, 0.05) is 6.54 Å². The van der Waals surface area contributed by atoms with E-state index in [0.717, 1.165) is 24.6 Å². The molecule has 3 nitrogen and oxygen atoms in total. The minimum atomic E-state index is 0.621. The monoisotopic (exact) mass is 269 g/mol. The van der Waals surface area contributed by atoms with Crippen LogP contribution in [0.25, 0.3) is 11.1 Å². The van der Waals surface area contributed by atoms with Gasteiger partial charge in [-0.15, -0.1) is 0 Å². The van der Waals surface area contributed by atoms with E-state index in [9.17, 15) is 0 Å². The van der Waals surface area contributed by atoms with Crippen LogP contribution in [0.2, 0.25) is 0 Å². The number of rotatable bonds is 4. The topological polar surface area (TPSA) is 30.5 Å². The molecule has 0 bridgehead atoms. The third-order valence-corrected chi connectivity index (χ3v) is 3.44. The Morgan fingerprint density at radius 1 is 1.00 bits per heavy atom. The average molecular weight is 269 g/mol. The summed E-state index contributed by atoms with van der Waals surface area (Å²) in [7, 11) is 0. The van der Waals surface area contributed by atoms with Gasteiger partial charge in [-0.05, 0) is 35.4 Å². The Kier molecular flexibility index (Phi) is 3.88. The van der Waals surface area contributed by atoms with Crippen LogP contribution in [-0.4, -0.2) is 19.8 Å². The average Bonchev–Trinajstić information content (AvgIpc) is 2.53. The molecule has 0 atom stereocenters. The molecular formula is C17H19NO2. The summed E-state index contributed by atoms with van der Waals surface area (Å²) in [5, 5.41) is 3.38. The van der Waals surface area contributed by atoms with Crippen molar-refractivity contribution in [3.8, 4) is 22.6 Å². The molecule has 3 rings (SSSR count). The lowest BCUT2D eigenvalue weighted by Crippen LogP contribution is -2.15. The maximum atomic E-state index is 5.67. The van der Waals surface area contributed by atoms with Gasteiger partial charge in [0.1, 0.15) is 13.2 Å². The molecule has 1 aliphatic heterocycles. The maximum Gasteiger partial charge on any atom is 0.161 e. The molecule has 0 amide bonds. The molecule has 3 heteroatoms. The first-order valence-corrected chi connectivity index (χ1v) is 7.07. The Morgan fingerprint density at radius 2 is 1.80 bits per heavy atom. The number of nitrogens with one attached hydrogen (secondary N) is 1. The summed E-state index contributed by atoms with van der Waals surface area (Å²) in [6.07, 6.45) is 0. The lowest BCUT2D eigenvalue weighted by molar-refractivity contribution is 0.171. The van der Waals surface area contributed by atoms with Crippen molar-refractivity contribution in [1.82, 2.24) is 5.32 Å². The Hall–Kier alpha value is -2.00. The van der Waals surface area contributed by atoms with E-state index < -0.39 is 0 Å². The highest BCUT2D eigenvalue weighted by Gasteiger charge is 2.13. The van der Waals surface area contributed by atoms with Gasteiger partial charge in [0.2, 0.25) is 0 Å². The van der Waals surface area contributed by atoms with Gasteiger partial charge in [0.15, 0.2) is 11.5 Å². The van der Waals surface area contributed by atoms with Crippen LogP contribution < -0.4 is 14.8 Å². The zero-order valence-electron chi connectivity index (χ0n) is 11.7. The van der Waals surface area contributed by atoms with Crippen molar-refractivity contribution in [3.63, 3.8) is 0 Å². The molecular weight excluding hydrogens is 250 g/mol. The molecule has 2 aromatic rings. The van der Waals surface area contributed by atoms with E-state index in [1.807, 2.05) is 6.07 Å². The molecule has 20 heavy (non-hydrogen) atoms. The molecule has 0 saturated carbocycles. The van der Waals surface area contributed by atoms with Crippen LogP contribution in [0.4, 0.5) is 0 Å². The molecule has 1 heterocycles. The summed E-state index contributed by atoms with van der Waals surface area (Å²) in [6, 6.07) is 14.6. The molecule has 0 radical (unpaired) electrons. The summed E-state index contributed by atoms with van der Waals surface area (Å²) in [4.78, 5) is 0. The SMILES string of the molecule is CCNCc1ccccc1-c1ccc2c(c1)OCCO2. The van der Waals surface area contributed by atoms with Crippen molar-refractivity contribution in [2.24, 2.45) is 0 Å². The van der Waals surface area contributed by atoms with E-state index in [0.29, 0.717) is 13.2 Å². The highest BCUT2D eigenvalue weighted by atomic mass is 16.6. The van der Waals surface area contributed by atoms with E-state index in [2.05, 4.69) is 48.6 Å². The van der Waals surface area contributed by atoms with Gasteiger partial charge in [-0.2, -0.15) is 0 Å². The molecule has 0 fully saturated rings. The molecule has 2 aromatic carbocycles. The first kappa shape index (κ1) is 13.0. The molecule has 0 aliphatic carbocycles. The summed E-state index contributed by atoms with van der Waals surface area (Å²) >= 11 is 0. The first-order valence-electron chi connectivity index (χ1n) is 7.07. The summed E-state index contributed by atoms with van der Waals surface area (Å²) in [5.74, 6) is 1.68. The quantitative estimate of drug-likeness (QED) is 0.924. The van der Waals surface area contributed by atoms with Crippen molar-refractivity contribution in [3.05, 3.63) is 48.0 Å². The van der Waals surface area contributed by atoms with E-state index in [-0.39, 0.29) is 0 Å². The van der Waals surface area contributed by atoms with Gasteiger partial charge in [-0.3, -0.25) is 0 Å². The van der Waals surface area contributed by atoms with Crippen molar-refractivity contribution in [2.75, 3.05) is 19.8 Å². The van der Waals surface area contributed by atoms with Gasteiger partial charge >= 0.3 is 0 Å². The fourth-order valence-corrected chi connectivity index (χ4v) is 2.43.